The first-order valence-electron chi connectivity index (χ1n) is 11.1. The number of furan rings is 1. The third-order valence-corrected chi connectivity index (χ3v) is 6.20. The van der Waals surface area contributed by atoms with E-state index in [1.54, 1.807) is 6.92 Å². The monoisotopic (exact) mass is 400 g/mol. The molecule has 1 aromatic heterocycles. The van der Waals surface area contributed by atoms with Crippen molar-refractivity contribution in [3.8, 4) is 0 Å². The number of carbonyl (C=O) groups is 1. The molecule has 0 fully saturated rings. The van der Waals surface area contributed by atoms with Crippen molar-refractivity contribution in [2.75, 3.05) is 11.9 Å². The van der Waals surface area contributed by atoms with Gasteiger partial charge < -0.3 is 19.7 Å². The van der Waals surface area contributed by atoms with Gasteiger partial charge in [-0.15, -0.1) is 0 Å². The predicted octanol–water partition coefficient (Wildman–Crippen LogP) is 4.44. The molecule has 0 unspecified atom stereocenters. The minimum absolute atomic E-state index is 0.0349. The van der Waals surface area contributed by atoms with Crippen LogP contribution in [0.4, 0.5) is 5.69 Å². The standard InChI is InChI=1S/C24H36N2O3/c1-6-7-8-9-10-17-11-12-20-21-18(14-29-23(17)21)13-19(16(4)27)25-24(28)22(15(2)3)26(20)5/h11-12,14-16,19,22,27H,6-10,13H2,1-5H3,(H,25,28)/t16-,19-,22-/m0/s1. The van der Waals surface area contributed by atoms with E-state index in [4.69, 9.17) is 4.42 Å². The van der Waals surface area contributed by atoms with Crippen LogP contribution < -0.4 is 10.2 Å². The Bertz CT molecular complexity index is 840. The molecular weight excluding hydrogens is 364 g/mol. The lowest BCUT2D eigenvalue weighted by Gasteiger charge is -2.33. The summed E-state index contributed by atoms with van der Waals surface area (Å²) < 4.78 is 6.08. The van der Waals surface area contributed by atoms with Crippen LogP contribution in [0.5, 0.6) is 0 Å². The number of anilines is 1. The molecule has 1 aliphatic heterocycles. The zero-order chi connectivity index (χ0) is 21.1. The number of aryl methyl sites for hydroxylation is 1. The van der Waals surface area contributed by atoms with Crippen LogP contribution in [0.1, 0.15) is 64.5 Å². The fourth-order valence-electron chi connectivity index (χ4n) is 4.56. The number of unbranched alkanes of at least 4 members (excludes halogenated alkanes) is 3. The summed E-state index contributed by atoms with van der Waals surface area (Å²) in [6, 6.07) is 3.65. The molecule has 2 aromatic rings. The number of likely N-dealkylation sites (N-methyl/N-ethyl adjacent to an activating group) is 1. The Morgan fingerprint density at radius 2 is 2.00 bits per heavy atom. The number of aliphatic hydroxyl groups excluding tert-OH is 1. The summed E-state index contributed by atoms with van der Waals surface area (Å²) in [7, 11) is 1.99. The quantitative estimate of drug-likeness (QED) is 0.675. The largest absolute Gasteiger partial charge is 0.464 e. The van der Waals surface area contributed by atoms with Crippen LogP contribution in [0, 0.1) is 5.92 Å². The molecule has 2 N–H and O–H groups in total. The topological polar surface area (TPSA) is 65.7 Å². The van der Waals surface area contributed by atoms with Gasteiger partial charge in [0.05, 0.1) is 18.4 Å². The molecule has 0 aliphatic carbocycles. The average molecular weight is 401 g/mol. The number of amides is 1. The highest BCUT2D eigenvalue weighted by atomic mass is 16.3. The molecule has 160 valence electrons. The molecule has 0 radical (unpaired) electrons. The van der Waals surface area contributed by atoms with Crippen LogP contribution in [0.15, 0.2) is 22.8 Å². The van der Waals surface area contributed by atoms with Gasteiger partial charge in [0.2, 0.25) is 5.91 Å². The van der Waals surface area contributed by atoms with Crippen LogP contribution in [0.2, 0.25) is 0 Å². The van der Waals surface area contributed by atoms with Gasteiger partial charge in [-0.25, -0.2) is 0 Å². The van der Waals surface area contributed by atoms with Gasteiger partial charge in [0.25, 0.3) is 0 Å². The fraction of sp³-hybridized carbons (Fsp3) is 0.625. The van der Waals surface area contributed by atoms with E-state index in [-0.39, 0.29) is 23.9 Å². The summed E-state index contributed by atoms with van der Waals surface area (Å²) in [5.41, 5.74) is 4.24. The van der Waals surface area contributed by atoms with E-state index >= 15 is 0 Å². The Morgan fingerprint density at radius 1 is 1.24 bits per heavy atom. The van der Waals surface area contributed by atoms with Gasteiger partial charge in [-0.1, -0.05) is 46.1 Å². The van der Waals surface area contributed by atoms with E-state index in [0.29, 0.717) is 6.42 Å². The number of aliphatic hydroxyl groups is 1. The SMILES string of the molecule is CCCCCCc1ccc2c3c(coc13)C[C@@H]([C@H](C)O)NC(=O)[C@H](C(C)C)N2C. The molecule has 0 bridgehead atoms. The fourth-order valence-corrected chi connectivity index (χ4v) is 4.56. The normalized spacial score (nSPS) is 21.1. The second-order valence-corrected chi connectivity index (χ2v) is 8.88. The van der Waals surface area contributed by atoms with Gasteiger partial charge in [0.1, 0.15) is 11.6 Å². The van der Waals surface area contributed by atoms with Gasteiger partial charge in [-0.2, -0.15) is 0 Å². The van der Waals surface area contributed by atoms with E-state index in [1.807, 2.05) is 13.3 Å². The van der Waals surface area contributed by atoms with Crippen molar-refractivity contribution in [1.82, 2.24) is 5.32 Å². The molecule has 1 aromatic carbocycles. The zero-order valence-electron chi connectivity index (χ0n) is 18.5. The molecule has 3 atom stereocenters. The molecule has 1 amide bonds. The second-order valence-electron chi connectivity index (χ2n) is 8.88. The first-order chi connectivity index (χ1) is 13.8. The Morgan fingerprint density at radius 3 is 2.66 bits per heavy atom. The molecule has 5 nitrogen and oxygen atoms in total. The van der Waals surface area contributed by atoms with Gasteiger partial charge in [0, 0.05) is 23.7 Å². The van der Waals surface area contributed by atoms with Crippen molar-refractivity contribution >= 4 is 22.6 Å². The van der Waals surface area contributed by atoms with Crippen LogP contribution in [0.25, 0.3) is 11.0 Å². The maximum Gasteiger partial charge on any atom is 0.243 e. The van der Waals surface area contributed by atoms with Gasteiger partial charge in [-0.05, 0) is 43.7 Å². The number of carbonyl (C=O) groups excluding carboxylic acids is 1. The maximum absolute atomic E-state index is 13.1. The van der Waals surface area contributed by atoms with Crippen LogP contribution in [-0.2, 0) is 17.6 Å². The molecule has 0 spiro atoms. The number of hydrogen-bond acceptors (Lipinski definition) is 4. The summed E-state index contributed by atoms with van der Waals surface area (Å²) in [6.45, 7) is 8.08. The second kappa shape index (κ2) is 9.21. The van der Waals surface area contributed by atoms with Gasteiger partial charge in [0.15, 0.2) is 0 Å². The van der Waals surface area contributed by atoms with E-state index in [0.717, 1.165) is 35.1 Å². The lowest BCUT2D eigenvalue weighted by atomic mass is 9.97. The Kier molecular flexibility index (Phi) is 6.89. The molecule has 3 rings (SSSR count). The van der Waals surface area contributed by atoms with E-state index in [1.165, 1.54) is 24.8 Å². The smallest absolute Gasteiger partial charge is 0.243 e. The zero-order valence-corrected chi connectivity index (χ0v) is 18.5. The van der Waals surface area contributed by atoms with Crippen molar-refractivity contribution in [3.05, 3.63) is 29.5 Å². The van der Waals surface area contributed by atoms with E-state index in [9.17, 15) is 9.90 Å². The Balaban J connectivity index is 2.08. The van der Waals surface area contributed by atoms with Crippen LogP contribution >= 0.6 is 0 Å². The molecule has 1 aliphatic rings. The minimum Gasteiger partial charge on any atom is -0.464 e. The lowest BCUT2D eigenvalue weighted by molar-refractivity contribution is -0.124. The van der Waals surface area contributed by atoms with Gasteiger partial charge in [-0.3, -0.25) is 4.79 Å². The first kappa shape index (κ1) is 21.7. The highest BCUT2D eigenvalue weighted by Crippen LogP contribution is 2.37. The number of nitrogens with zero attached hydrogens (tertiary/aromatic N) is 1. The van der Waals surface area contributed by atoms with E-state index in [2.05, 4.69) is 43.1 Å². The van der Waals surface area contributed by atoms with Crippen molar-refractivity contribution in [3.63, 3.8) is 0 Å². The van der Waals surface area contributed by atoms with Crippen molar-refractivity contribution in [1.29, 1.82) is 0 Å². The number of rotatable bonds is 7. The van der Waals surface area contributed by atoms with Crippen molar-refractivity contribution in [2.24, 2.45) is 5.92 Å². The minimum atomic E-state index is -0.638. The summed E-state index contributed by atoms with van der Waals surface area (Å²) in [4.78, 5) is 15.1. The third-order valence-electron chi connectivity index (χ3n) is 6.20. The molecule has 5 heteroatoms. The molecule has 0 saturated carbocycles. The van der Waals surface area contributed by atoms with Crippen molar-refractivity contribution < 1.29 is 14.3 Å². The predicted molar refractivity (Wildman–Crippen MR) is 118 cm³/mol. The molecule has 29 heavy (non-hydrogen) atoms. The highest BCUT2D eigenvalue weighted by Gasteiger charge is 2.33. The van der Waals surface area contributed by atoms with Gasteiger partial charge >= 0.3 is 0 Å². The summed E-state index contributed by atoms with van der Waals surface area (Å²) in [5, 5.41) is 14.5. The average Bonchev–Trinajstić information content (AvgIpc) is 3.09. The van der Waals surface area contributed by atoms with Crippen LogP contribution in [0.3, 0.4) is 0 Å². The molecular formula is C24H36N2O3. The first-order valence-corrected chi connectivity index (χ1v) is 11.1. The van der Waals surface area contributed by atoms with Crippen molar-refractivity contribution in [2.45, 2.75) is 84.4 Å². The number of nitrogens with one attached hydrogen (secondary N) is 1. The Hall–Kier alpha value is -2.01. The summed E-state index contributed by atoms with van der Waals surface area (Å²) >= 11 is 0. The number of hydrogen-bond donors (Lipinski definition) is 2. The lowest BCUT2D eigenvalue weighted by Crippen LogP contribution is -2.53. The summed E-state index contributed by atoms with van der Waals surface area (Å²) in [6.07, 6.45) is 7.59. The summed E-state index contributed by atoms with van der Waals surface area (Å²) in [5.74, 6) is 0.0964. The number of benzene rings is 1. The third kappa shape index (κ3) is 4.45. The maximum atomic E-state index is 13.1. The van der Waals surface area contributed by atoms with E-state index < -0.39 is 6.10 Å². The van der Waals surface area contributed by atoms with Crippen LogP contribution in [-0.4, -0.2) is 36.2 Å². The molecule has 2 heterocycles. The molecule has 0 saturated heterocycles. The Labute approximate surface area is 174 Å². The highest BCUT2D eigenvalue weighted by molar-refractivity contribution is 5.98.